The van der Waals surface area contributed by atoms with Gasteiger partial charge < -0.3 is 10.6 Å². The maximum absolute atomic E-state index is 13.6. The zero-order valence-electron chi connectivity index (χ0n) is 18.4. The molecule has 0 atom stereocenters. The Labute approximate surface area is 196 Å². The average Bonchev–Trinajstić information content (AvgIpc) is 2.88. The molecule has 34 heavy (non-hydrogen) atoms. The molecule has 3 heterocycles. The quantitative estimate of drug-likeness (QED) is 0.404. The average molecular weight is 452 g/mol. The number of carbonyl (C=O) groups is 1. The molecule has 2 aromatic carbocycles. The van der Waals surface area contributed by atoms with E-state index in [4.69, 9.17) is 0 Å². The molecule has 0 unspecified atom stereocenters. The number of rotatable bonds is 5. The van der Waals surface area contributed by atoms with Crippen molar-refractivity contribution < 1.29 is 9.18 Å². The molecule has 7 heteroatoms. The number of carbonyl (C=O) groups excluding carboxylic acids is 1. The van der Waals surface area contributed by atoms with Crippen LogP contribution in [0, 0.1) is 23.1 Å². The SMILES string of the molecule is N#Cc1cc(-c2cccc(F)c2)ccc1Nc1cc2nc(C(=O)C3CCNCC3)ccc2cn1. The second-order valence-corrected chi connectivity index (χ2v) is 8.35. The van der Waals surface area contributed by atoms with E-state index in [1.165, 1.54) is 12.1 Å². The van der Waals surface area contributed by atoms with Gasteiger partial charge >= 0.3 is 0 Å². The maximum Gasteiger partial charge on any atom is 0.184 e. The van der Waals surface area contributed by atoms with E-state index < -0.39 is 0 Å². The molecule has 1 saturated heterocycles. The summed E-state index contributed by atoms with van der Waals surface area (Å²) in [6.07, 6.45) is 3.34. The number of hydrogen-bond donors (Lipinski definition) is 2. The molecule has 0 bridgehead atoms. The van der Waals surface area contributed by atoms with Crippen LogP contribution in [-0.2, 0) is 0 Å². The van der Waals surface area contributed by atoms with E-state index >= 15 is 0 Å². The van der Waals surface area contributed by atoms with Gasteiger partial charge in [0.05, 0.1) is 16.8 Å². The Balaban J connectivity index is 1.42. The van der Waals surface area contributed by atoms with E-state index in [9.17, 15) is 14.4 Å². The summed E-state index contributed by atoms with van der Waals surface area (Å²) in [4.78, 5) is 21.9. The van der Waals surface area contributed by atoms with Crippen LogP contribution in [0.4, 0.5) is 15.9 Å². The van der Waals surface area contributed by atoms with Gasteiger partial charge in [0.2, 0.25) is 0 Å². The van der Waals surface area contributed by atoms with E-state index in [0.717, 1.165) is 36.9 Å². The Bertz CT molecular complexity index is 1420. The number of anilines is 2. The zero-order valence-corrected chi connectivity index (χ0v) is 18.4. The number of pyridine rings is 2. The van der Waals surface area contributed by atoms with Crippen molar-refractivity contribution in [1.82, 2.24) is 15.3 Å². The van der Waals surface area contributed by atoms with Crippen LogP contribution in [0.3, 0.4) is 0 Å². The van der Waals surface area contributed by atoms with E-state index in [1.807, 2.05) is 12.1 Å². The molecule has 168 valence electrons. The first-order valence-corrected chi connectivity index (χ1v) is 11.2. The van der Waals surface area contributed by atoms with Crippen molar-refractivity contribution in [1.29, 1.82) is 5.26 Å². The molecule has 0 spiro atoms. The highest BCUT2D eigenvalue weighted by Gasteiger charge is 2.23. The van der Waals surface area contributed by atoms with Gasteiger partial charge in [0.25, 0.3) is 0 Å². The van der Waals surface area contributed by atoms with Crippen LogP contribution in [0.15, 0.2) is 66.9 Å². The highest BCUT2D eigenvalue weighted by Crippen LogP contribution is 2.28. The molecule has 2 N–H and O–H groups in total. The fourth-order valence-electron chi connectivity index (χ4n) is 4.25. The van der Waals surface area contributed by atoms with Gasteiger partial charge in [0.1, 0.15) is 23.4 Å². The monoisotopic (exact) mass is 451 g/mol. The van der Waals surface area contributed by atoms with Gasteiger partial charge in [0, 0.05) is 23.6 Å². The van der Waals surface area contributed by atoms with E-state index in [1.54, 1.807) is 42.6 Å². The first-order chi connectivity index (χ1) is 16.6. The first kappa shape index (κ1) is 21.7. The Morgan fingerprint density at radius 3 is 2.68 bits per heavy atom. The van der Waals surface area contributed by atoms with Crippen molar-refractivity contribution in [2.24, 2.45) is 5.92 Å². The van der Waals surface area contributed by atoms with Gasteiger partial charge in [-0.05, 0) is 73.5 Å². The molecule has 0 radical (unpaired) electrons. The lowest BCUT2D eigenvalue weighted by molar-refractivity contribution is 0.0890. The van der Waals surface area contributed by atoms with Gasteiger partial charge in [0.15, 0.2) is 5.78 Å². The number of fused-ring (bicyclic) bond motifs is 1. The number of nitrogens with zero attached hydrogens (tertiary/aromatic N) is 3. The molecule has 6 nitrogen and oxygen atoms in total. The predicted molar refractivity (Wildman–Crippen MR) is 129 cm³/mol. The number of nitrogens with one attached hydrogen (secondary N) is 2. The Kier molecular flexibility index (Phi) is 5.98. The van der Waals surface area contributed by atoms with E-state index in [0.29, 0.717) is 33.8 Å². The van der Waals surface area contributed by atoms with Gasteiger partial charge in [-0.3, -0.25) is 4.79 Å². The molecule has 4 aromatic rings. The molecule has 1 aliphatic rings. The summed E-state index contributed by atoms with van der Waals surface area (Å²) < 4.78 is 13.6. The van der Waals surface area contributed by atoms with E-state index in [-0.39, 0.29) is 17.5 Å². The van der Waals surface area contributed by atoms with Crippen molar-refractivity contribution in [2.75, 3.05) is 18.4 Å². The van der Waals surface area contributed by atoms with Crippen molar-refractivity contribution >= 4 is 28.2 Å². The van der Waals surface area contributed by atoms with Crippen LogP contribution < -0.4 is 10.6 Å². The molecule has 1 fully saturated rings. The minimum Gasteiger partial charge on any atom is -0.339 e. The van der Waals surface area contributed by atoms with E-state index in [2.05, 4.69) is 26.7 Å². The van der Waals surface area contributed by atoms with Gasteiger partial charge in [-0.25, -0.2) is 14.4 Å². The summed E-state index contributed by atoms with van der Waals surface area (Å²) in [6, 6.07) is 19.2. The third-order valence-electron chi connectivity index (χ3n) is 6.10. The van der Waals surface area contributed by atoms with Crippen molar-refractivity contribution in [3.8, 4) is 17.2 Å². The third-order valence-corrected chi connectivity index (χ3v) is 6.10. The lowest BCUT2D eigenvalue weighted by Gasteiger charge is -2.21. The standard InChI is InChI=1S/C27H22FN5O/c28-22-3-1-2-18(13-22)19-4-6-23(21(12-19)15-29)33-26-14-25-20(16-31-26)5-7-24(32-25)27(34)17-8-10-30-11-9-17/h1-7,12-14,16-17,30H,8-11H2,(H,31,33). The minimum absolute atomic E-state index is 0.000392. The first-order valence-electron chi connectivity index (χ1n) is 11.2. The highest BCUT2D eigenvalue weighted by molar-refractivity contribution is 5.98. The Hall–Kier alpha value is -4.15. The van der Waals surface area contributed by atoms with Crippen molar-refractivity contribution in [3.63, 3.8) is 0 Å². The maximum atomic E-state index is 13.6. The number of aromatic nitrogens is 2. The lowest BCUT2D eigenvalue weighted by Crippen LogP contribution is -2.32. The Morgan fingerprint density at radius 1 is 1.06 bits per heavy atom. The number of benzene rings is 2. The molecule has 5 rings (SSSR count). The molecule has 0 amide bonds. The van der Waals surface area contributed by atoms with Gasteiger partial charge in [-0.1, -0.05) is 18.2 Å². The van der Waals surface area contributed by atoms with Gasteiger partial charge in [-0.15, -0.1) is 0 Å². The molecule has 0 saturated carbocycles. The van der Waals surface area contributed by atoms with Crippen LogP contribution in [0.1, 0.15) is 28.9 Å². The molecule has 1 aliphatic heterocycles. The summed E-state index contributed by atoms with van der Waals surface area (Å²) in [5.74, 6) is 0.264. The van der Waals surface area contributed by atoms with Crippen molar-refractivity contribution in [2.45, 2.75) is 12.8 Å². The predicted octanol–water partition coefficient (Wildman–Crippen LogP) is 5.23. The van der Waals surface area contributed by atoms with Crippen LogP contribution in [-0.4, -0.2) is 28.8 Å². The summed E-state index contributed by atoms with van der Waals surface area (Å²) in [7, 11) is 0. The Morgan fingerprint density at radius 2 is 1.88 bits per heavy atom. The number of Topliss-reactive ketones (excluding diaryl/α,β-unsaturated/α-hetero) is 1. The minimum atomic E-state index is -0.330. The summed E-state index contributed by atoms with van der Waals surface area (Å²) in [5.41, 5.74) is 3.56. The second-order valence-electron chi connectivity index (χ2n) is 8.35. The van der Waals surface area contributed by atoms with Crippen LogP contribution in [0.5, 0.6) is 0 Å². The summed E-state index contributed by atoms with van der Waals surface area (Å²) in [5, 5.41) is 17.0. The molecule has 2 aromatic heterocycles. The smallest absolute Gasteiger partial charge is 0.184 e. The fourth-order valence-corrected chi connectivity index (χ4v) is 4.25. The summed E-state index contributed by atoms with van der Waals surface area (Å²) in [6.45, 7) is 1.70. The van der Waals surface area contributed by atoms with Gasteiger partial charge in [-0.2, -0.15) is 5.26 Å². The normalized spacial score (nSPS) is 14.0. The largest absolute Gasteiger partial charge is 0.339 e. The molecular formula is C27H22FN5O. The zero-order chi connectivity index (χ0) is 23.5. The number of piperidine rings is 1. The third kappa shape index (κ3) is 4.49. The molecule has 0 aliphatic carbocycles. The van der Waals surface area contributed by atoms with Crippen LogP contribution in [0.2, 0.25) is 0 Å². The number of hydrogen-bond acceptors (Lipinski definition) is 6. The second kappa shape index (κ2) is 9.38. The molecular weight excluding hydrogens is 429 g/mol. The van der Waals surface area contributed by atoms with Crippen LogP contribution >= 0.6 is 0 Å². The highest BCUT2D eigenvalue weighted by atomic mass is 19.1. The fraction of sp³-hybridized carbons (Fsp3) is 0.185. The number of nitriles is 1. The topological polar surface area (TPSA) is 90.7 Å². The number of ketones is 1. The number of halogens is 1. The lowest BCUT2D eigenvalue weighted by atomic mass is 9.91. The van der Waals surface area contributed by atoms with Crippen molar-refractivity contribution in [3.05, 3.63) is 83.9 Å². The van der Waals surface area contributed by atoms with Crippen LogP contribution in [0.25, 0.3) is 22.0 Å². The summed E-state index contributed by atoms with van der Waals surface area (Å²) >= 11 is 0.